The predicted molar refractivity (Wildman–Crippen MR) is 93.7 cm³/mol. The number of fused-ring (bicyclic) bond motifs is 1. The molecule has 1 heterocycles. The van der Waals surface area contributed by atoms with Crippen LogP contribution in [0.5, 0.6) is 0 Å². The number of carboxylic acids is 1. The Labute approximate surface area is 143 Å². The largest absolute Gasteiger partial charge is 0.480 e. The molecule has 1 aromatic heterocycles. The fourth-order valence-electron chi connectivity index (χ4n) is 2.67. The number of pyridine rings is 1. The lowest BCUT2D eigenvalue weighted by Gasteiger charge is -2.13. The zero-order valence-corrected chi connectivity index (χ0v) is 13.3. The number of nitrogens with one attached hydrogen (secondary N) is 1. The number of rotatable bonds is 5. The van der Waals surface area contributed by atoms with Gasteiger partial charge in [-0.2, -0.15) is 0 Å². The van der Waals surface area contributed by atoms with Crippen LogP contribution in [0.1, 0.15) is 15.9 Å². The van der Waals surface area contributed by atoms with Crippen LogP contribution in [0.25, 0.3) is 10.9 Å². The third kappa shape index (κ3) is 3.58. The molecule has 0 atom stereocenters. The second-order valence-corrected chi connectivity index (χ2v) is 5.58. The highest BCUT2D eigenvalue weighted by atomic mass is 16.4. The molecule has 25 heavy (non-hydrogen) atoms. The Bertz CT molecular complexity index is 993. The van der Waals surface area contributed by atoms with E-state index in [1.165, 1.54) is 6.20 Å². The average Bonchev–Trinajstić information content (AvgIpc) is 2.63. The Morgan fingerprint density at radius 2 is 1.68 bits per heavy atom. The molecular weight excluding hydrogens is 320 g/mol. The smallest absolute Gasteiger partial charge is 0.322 e. The van der Waals surface area contributed by atoms with Gasteiger partial charge in [0.05, 0.1) is 5.52 Å². The van der Waals surface area contributed by atoms with Gasteiger partial charge in [-0.15, -0.1) is 0 Å². The molecule has 0 aliphatic carbocycles. The Hall–Kier alpha value is -3.41. The zero-order valence-electron chi connectivity index (χ0n) is 13.3. The van der Waals surface area contributed by atoms with E-state index in [9.17, 15) is 14.4 Å². The van der Waals surface area contributed by atoms with Crippen LogP contribution in [0.3, 0.4) is 0 Å². The third-order valence-corrected chi connectivity index (χ3v) is 3.83. The summed E-state index contributed by atoms with van der Waals surface area (Å²) in [6.07, 6.45) is 1.48. The zero-order chi connectivity index (χ0) is 17.8. The number of aromatic nitrogens is 1. The number of carboxylic acid groups (broad SMARTS) is 1. The van der Waals surface area contributed by atoms with Crippen LogP contribution in [-0.4, -0.2) is 28.1 Å². The molecule has 0 unspecified atom stereocenters. The normalized spacial score (nSPS) is 10.6. The SMILES string of the molecule is O=C(O)CNC(=O)c1cn(Cc2ccccc2)c2ccccc2c1=O. The van der Waals surface area contributed by atoms with Gasteiger partial charge in [0.1, 0.15) is 12.1 Å². The molecule has 0 bridgehead atoms. The highest BCUT2D eigenvalue weighted by Gasteiger charge is 2.16. The summed E-state index contributed by atoms with van der Waals surface area (Å²) < 4.78 is 1.82. The van der Waals surface area contributed by atoms with Gasteiger partial charge in [0.15, 0.2) is 0 Å². The van der Waals surface area contributed by atoms with Gasteiger partial charge in [0.25, 0.3) is 5.91 Å². The van der Waals surface area contributed by atoms with Gasteiger partial charge in [-0.1, -0.05) is 42.5 Å². The van der Waals surface area contributed by atoms with Crippen molar-refractivity contribution in [1.29, 1.82) is 0 Å². The number of aliphatic carboxylic acids is 1. The Morgan fingerprint density at radius 3 is 2.40 bits per heavy atom. The van der Waals surface area contributed by atoms with Crippen LogP contribution in [0.2, 0.25) is 0 Å². The summed E-state index contributed by atoms with van der Waals surface area (Å²) >= 11 is 0. The minimum absolute atomic E-state index is 0.0733. The quantitative estimate of drug-likeness (QED) is 0.744. The lowest BCUT2D eigenvalue weighted by Crippen LogP contribution is -2.33. The van der Waals surface area contributed by atoms with E-state index in [2.05, 4.69) is 5.32 Å². The molecule has 2 N–H and O–H groups in total. The van der Waals surface area contributed by atoms with E-state index >= 15 is 0 Å². The number of para-hydroxylation sites is 1. The summed E-state index contributed by atoms with van der Waals surface area (Å²) in [5.74, 6) is -1.86. The van der Waals surface area contributed by atoms with Crippen molar-refractivity contribution < 1.29 is 14.7 Å². The van der Waals surface area contributed by atoms with Gasteiger partial charge in [-0.05, 0) is 17.7 Å². The van der Waals surface area contributed by atoms with Gasteiger partial charge in [-0.25, -0.2) is 0 Å². The van der Waals surface area contributed by atoms with E-state index in [0.717, 1.165) is 5.56 Å². The maximum Gasteiger partial charge on any atom is 0.322 e. The topological polar surface area (TPSA) is 88.4 Å². The standard InChI is InChI=1S/C19H16N2O4/c22-17(23)10-20-19(25)15-12-21(11-13-6-2-1-3-7-13)16-9-5-4-8-14(16)18(15)24/h1-9,12H,10-11H2,(H,20,25)(H,22,23). The van der Waals surface area contributed by atoms with Crippen molar-refractivity contribution in [1.82, 2.24) is 9.88 Å². The average molecular weight is 336 g/mol. The molecule has 0 radical (unpaired) electrons. The molecule has 0 saturated heterocycles. The van der Waals surface area contributed by atoms with Gasteiger partial charge in [-0.3, -0.25) is 14.4 Å². The van der Waals surface area contributed by atoms with Gasteiger partial charge >= 0.3 is 5.97 Å². The van der Waals surface area contributed by atoms with Crippen molar-refractivity contribution in [3.63, 3.8) is 0 Å². The second-order valence-electron chi connectivity index (χ2n) is 5.58. The van der Waals surface area contributed by atoms with E-state index in [1.807, 2.05) is 47.0 Å². The van der Waals surface area contributed by atoms with E-state index in [1.54, 1.807) is 12.1 Å². The summed E-state index contributed by atoms with van der Waals surface area (Å²) in [5, 5.41) is 11.4. The molecular formula is C19H16N2O4. The number of nitrogens with zero attached hydrogens (tertiary/aromatic N) is 1. The van der Waals surface area contributed by atoms with E-state index in [-0.39, 0.29) is 5.56 Å². The first-order valence-electron chi connectivity index (χ1n) is 7.72. The Morgan fingerprint density at radius 1 is 1.00 bits per heavy atom. The van der Waals surface area contributed by atoms with Crippen LogP contribution in [0.4, 0.5) is 0 Å². The first-order valence-corrected chi connectivity index (χ1v) is 7.72. The molecule has 0 aliphatic rings. The maximum absolute atomic E-state index is 12.6. The highest BCUT2D eigenvalue weighted by molar-refractivity contribution is 5.98. The minimum atomic E-state index is -1.17. The van der Waals surface area contributed by atoms with Crippen molar-refractivity contribution >= 4 is 22.8 Å². The molecule has 1 amide bonds. The van der Waals surface area contributed by atoms with Crippen LogP contribution in [0, 0.1) is 0 Å². The number of carbonyl (C=O) groups excluding carboxylic acids is 1. The molecule has 2 aromatic carbocycles. The number of hydrogen-bond acceptors (Lipinski definition) is 3. The van der Waals surface area contributed by atoms with Gasteiger partial charge in [0.2, 0.25) is 5.43 Å². The van der Waals surface area contributed by atoms with E-state index in [0.29, 0.717) is 17.4 Å². The molecule has 0 saturated carbocycles. The third-order valence-electron chi connectivity index (χ3n) is 3.83. The van der Waals surface area contributed by atoms with Crippen molar-refractivity contribution in [2.75, 3.05) is 6.54 Å². The molecule has 0 fully saturated rings. The molecule has 0 spiro atoms. The molecule has 3 aromatic rings. The summed E-state index contributed by atoms with van der Waals surface area (Å²) in [6, 6.07) is 16.7. The first-order chi connectivity index (χ1) is 12.1. The summed E-state index contributed by atoms with van der Waals surface area (Å²) in [7, 11) is 0. The first kappa shape index (κ1) is 16.4. The molecule has 0 aliphatic heterocycles. The van der Waals surface area contributed by atoms with E-state index < -0.39 is 23.9 Å². The number of amides is 1. The van der Waals surface area contributed by atoms with Crippen molar-refractivity contribution in [2.24, 2.45) is 0 Å². The lowest BCUT2D eigenvalue weighted by atomic mass is 10.1. The summed E-state index contributed by atoms with van der Waals surface area (Å²) in [4.78, 5) is 35.5. The molecule has 6 nitrogen and oxygen atoms in total. The van der Waals surface area contributed by atoms with Crippen LogP contribution < -0.4 is 10.7 Å². The highest BCUT2D eigenvalue weighted by Crippen LogP contribution is 2.14. The summed E-state index contributed by atoms with van der Waals surface area (Å²) in [5.41, 5.74) is 1.25. The lowest BCUT2D eigenvalue weighted by molar-refractivity contribution is -0.135. The van der Waals surface area contributed by atoms with Crippen molar-refractivity contribution in [2.45, 2.75) is 6.54 Å². The minimum Gasteiger partial charge on any atom is -0.480 e. The van der Waals surface area contributed by atoms with Crippen LogP contribution >= 0.6 is 0 Å². The van der Waals surface area contributed by atoms with Crippen LogP contribution in [0.15, 0.2) is 65.6 Å². The van der Waals surface area contributed by atoms with Crippen molar-refractivity contribution in [3.8, 4) is 0 Å². The Balaban J connectivity index is 2.09. The molecule has 6 heteroatoms. The molecule has 3 rings (SSSR count). The number of hydrogen-bond donors (Lipinski definition) is 2. The maximum atomic E-state index is 12.6. The van der Waals surface area contributed by atoms with Crippen LogP contribution in [-0.2, 0) is 11.3 Å². The van der Waals surface area contributed by atoms with Gasteiger partial charge in [0, 0.05) is 18.1 Å². The fourth-order valence-corrected chi connectivity index (χ4v) is 2.67. The summed E-state index contributed by atoms with van der Waals surface area (Å²) in [6.45, 7) is -0.0510. The molecule has 126 valence electrons. The fraction of sp³-hybridized carbons (Fsp3) is 0.105. The second kappa shape index (κ2) is 7.00. The Kier molecular flexibility index (Phi) is 4.61. The van der Waals surface area contributed by atoms with E-state index in [4.69, 9.17) is 5.11 Å². The number of benzene rings is 2. The predicted octanol–water partition coefficient (Wildman–Crippen LogP) is 1.86. The number of carbonyl (C=O) groups is 2. The van der Waals surface area contributed by atoms with Gasteiger partial charge < -0.3 is 15.0 Å². The van der Waals surface area contributed by atoms with Crippen molar-refractivity contribution in [3.05, 3.63) is 82.1 Å². The monoisotopic (exact) mass is 336 g/mol.